The number of ketones is 1. The number of benzene rings is 1. The molecule has 2 atom stereocenters. The molecule has 1 N–H and O–H groups in total. The van der Waals surface area contributed by atoms with Crippen molar-refractivity contribution in [3.63, 3.8) is 0 Å². The molecule has 0 saturated carbocycles. The van der Waals surface area contributed by atoms with Crippen molar-refractivity contribution in [2.24, 2.45) is 0 Å². The molecule has 1 aliphatic rings. The number of imidazole rings is 1. The molecule has 20 heavy (non-hydrogen) atoms. The molecule has 1 aromatic heterocycles. The van der Waals surface area contributed by atoms with Crippen molar-refractivity contribution in [2.45, 2.75) is 26.1 Å². The molecule has 1 aliphatic heterocycles. The van der Waals surface area contributed by atoms with E-state index in [0.717, 1.165) is 29.7 Å². The molecule has 5 nitrogen and oxygen atoms in total. The molecule has 2 heterocycles. The summed E-state index contributed by atoms with van der Waals surface area (Å²) in [6, 6.07) is 5.60. The van der Waals surface area contributed by atoms with Crippen LogP contribution in [0.15, 0.2) is 24.5 Å². The summed E-state index contributed by atoms with van der Waals surface area (Å²) in [6.45, 7) is 6.15. The Labute approximate surface area is 117 Å². The Balaban J connectivity index is 1.72. The monoisotopic (exact) mass is 273 g/mol. The van der Waals surface area contributed by atoms with Crippen LogP contribution in [0.1, 0.15) is 24.2 Å². The van der Waals surface area contributed by atoms with Crippen LogP contribution in [-0.2, 0) is 4.74 Å². The fourth-order valence-corrected chi connectivity index (χ4v) is 2.82. The van der Waals surface area contributed by atoms with E-state index in [1.165, 1.54) is 0 Å². The maximum absolute atomic E-state index is 12.4. The molecule has 0 spiro atoms. The molecule has 2 aromatic rings. The predicted molar refractivity (Wildman–Crippen MR) is 76.9 cm³/mol. The van der Waals surface area contributed by atoms with E-state index in [1.54, 1.807) is 6.33 Å². The minimum Gasteiger partial charge on any atom is -0.373 e. The molecular formula is C15H19N3O2. The van der Waals surface area contributed by atoms with Gasteiger partial charge in [0.1, 0.15) is 0 Å². The number of nitrogens with one attached hydrogen (secondary N) is 1. The van der Waals surface area contributed by atoms with E-state index in [4.69, 9.17) is 4.74 Å². The van der Waals surface area contributed by atoms with Gasteiger partial charge < -0.3 is 9.72 Å². The molecule has 0 amide bonds. The highest BCUT2D eigenvalue weighted by molar-refractivity contribution is 6.00. The third-order valence-corrected chi connectivity index (χ3v) is 3.60. The zero-order valence-electron chi connectivity index (χ0n) is 11.8. The van der Waals surface area contributed by atoms with Crippen LogP contribution in [0.4, 0.5) is 0 Å². The number of carbonyl (C=O) groups is 1. The normalized spacial score (nSPS) is 24.1. The van der Waals surface area contributed by atoms with Gasteiger partial charge in [0.25, 0.3) is 0 Å². The predicted octanol–water partition coefficient (Wildman–Crippen LogP) is 1.85. The molecule has 0 radical (unpaired) electrons. The van der Waals surface area contributed by atoms with Crippen LogP contribution in [0.25, 0.3) is 11.0 Å². The van der Waals surface area contributed by atoms with Gasteiger partial charge in [-0.25, -0.2) is 4.98 Å². The summed E-state index contributed by atoms with van der Waals surface area (Å²) >= 11 is 0. The van der Waals surface area contributed by atoms with Gasteiger partial charge in [0.05, 0.1) is 36.1 Å². The Morgan fingerprint density at radius 3 is 2.90 bits per heavy atom. The lowest BCUT2D eigenvalue weighted by atomic mass is 10.1. The third-order valence-electron chi connectivity index (χ3n) is 3.60. The molecule has 106 valence electrons. The van der Waals surface area contributed by atoms with Gasteiger partial charge in [-0.1, -0.05) is 0 Å². The Morgan fingerprint density at radius 1 is 1.40 bits per heavy atom. The van der Waals surface area contributed by atoms with Crippen LogP contribution in [0.5, 0.6) is 0 Å². The first-order valence-electron chi connectivity index (χ1n) is 6.96. The van der Waals surface area contributed by atoms with Gasteiger partial charge in [0, 0.05) is 18.7 Å². The van der Waals surface area contributed by atoms with Crippen molar-refractivity contribution < 1.29 is 9.53 Å². The number of H-pyrrole nitrogens is 1. The van der Waals surface area contributed by atoms with Gasteiger partial charge in [-0.3, -0.25) is 9.69 Å². The Kier molecular flexibility index (Phi) is 3.54. The van der Waals surface area contributed by atoms with Gasteiger partial charge >= 0.3 is 0 Å². The average Bonchev–Trinajstić information content (AvgIpc) is 2.84. The summed E-state index contributed by atoms with van der Waals surface area (Å²) in [5.74, 6) is 0.141. The first kappa shape index (κ1) is 13.3. The third kappa shape index (κ3) is 2.73. The number of Topliss-reactive ketones (excluding diaryl/α,β-unsaturated/α-hetero) is 1. The van der Waals surface area contributed by atoms with Crippen LogP contribution in [-0.4, -0.2) is 52.5 Å². The van der Waals surface area contributed by atoms with E-state index in [9.17, 15) is 4.79 Å². The lowest BCUT2D eigenvalue weighted by Crippen LogP contribution is -2.47. The summed E-state index contributed by atoms with van der Waals surface area (Å²) in [5.41, 5.74) is 2.52. The topological polar surface area (TPSA) is 58.2 Å². The second-order valence-electron chi connectivity index (χ2n) is 5.51. The minimum atomic E-state index is 0.141. The quantitative estimate of drug-likeness (QED) is 0.867. The molecule has 1 aromatic carbocycles. The summed E-state index contributed by atoms with van der Waals surface area (Å²) in [5, 5.41) is 0. The van der Waals surface area contributed by atoms with E-state index in [-0.39, 0.29) is 18.0 Å². The summed E-state index contributed by atoms with van der Waals surface area (Å²) < 4.78 is 5.68. The van der Waals surface area contributed by atoms with Crippen LogP contribution >= 0.6 is 0 Å². The SMILES string of the molecule is CC1CN(CC(=O)c2ccc3nc[nH]c3c2)CC(C)O1. The number of morpholine rings is 1. The zero-order valence-corrected chi connectivity index (χ0v) is 11.8. The van der Waals surface area contributed by atoms with Crippen molar-refractivity contribution in [3.05, 3.63) is 30.1 Å². The molecule has 0 aliphatic carbocycles. The number of nitrogens with zero attached hydrogens (tertiary/aromatic N) is 2. The molecule has 2 unspecified atom stereocenters. The number of rotatable bonds is 3. The largest absolute Gasteiger partial charge is 0.373 e. The molecule has 1 saturated heterocycles. The number of hydrogen-bond donors (Lipinski definition) is 1. The molecule has 1 fully saturated rings. The fourth-order valence-electron chi connectivity index (χ4n) is 2.82. The molecular weight excluding hydrogens is 254 g/mol. The number of ether oxygens (including phenoxy) is 1. The van der Waals surface area contributed by atoms with Gasteiger partial charge in [0.2, 0.25) is 0 Å². The Bertz CT molecular complexity index is 612. The highest BCUT2D eigenvalue weighted by Crippen LogP contribution is 2.15. The van der Waals surface area contributed by atoms with Crippen LogP contribution < -0.4 is 0 Å². The average molecular weight is 273 g/mol. The van der Waals surface area contributed by atoms with Gasteiger partial charge in [-0.05, 0) is 32.0 Å². The van der Waals surface area contributed by atoms with Crippen molar-refractivity contribution >= 4 is 16.8 Å². The van der Waals surface area contributed by atoms with E-state index in [2.05, 4.69) is 14.9 Å². The highest BCUT2D eigenvalue weighted by atomic mass is 16.5. The minimum absolute atomic E-state index is 0.141. The second-order valence-corrected chi connectivity index (χ2v) is 5.51. The number of carbonyl (C=O) groups excluding carboxylic acids is 1. The number of aromatic nitrogens is 2. The lowest BCUT2D eigenvalue weighted by Gasteiger charge is -2.34. The maximum Gasteiger partial charge on any atom is 0.176 e. The van der Waals surface area contributed by atoms with Crippen molar-refractivity contribution in [1.29, 1.82) is 0 Å². The van der Waals surface area contributed by atoms with Crippen molar-refractivity contribution in [3.8, 4) is 0 Å². The Hall–Kier alpha value is -1.72. The zero-order chi connectivity index (χ0) is 14.1. The first-order chi connectivity index (χ1) is 9.61. The first-order valence-corrected chi connectivity index (χ1v) is 6.96. The van der Waals surface area contributed by atoms with E-state index in [1.807, 2.05) is 32.0 Å². The molecule has 5 heteroatoms. The second kappa shape index (κ2) is 5.34. The summed E-state index contributed by atoms with van der Waals surface area (Å²) in [6.07, 6.45) is 2.01. The van der Waals surface area contributed by atoms with Crippen LogP contribution in [0.3, 0.4) is 0 Å². The van der Waals surface area contributed by atoms with E-state index < -0.39 is 0 Å². The Morgan fingerprint density at radius 2 is 2.15 bits per heavy atom. The van der Waals surface area contributed by atoms with E-state index >= 15 is 0 Å². The van der Waals surface area contributed by atoms with Crippen LogP contribution in [0.2, 0.25) is 0 Å². The van der Waals surface area contributed by atoms with Gasteiger partial charge in [0.15, 0.2) is 5.78 Å². The summed E-state index contributed by atoms with van der Waals surface area (Å²) in [7, 11) is 0. The summed E-state index contributed by atoms with van der Waals surface area (Å²) in [4.78, 5) is 21.7. The standard InChI is InChI=1S/C15H19N3O2/c1-10-6-18(7-11(2)20-10)8-15(19)12-3-4-13-14(5-12)17-9-16-13/h3-5,9-11H,6-8H2,1-2H3,(H,16,17). The lowest BCUT2D eigenvalue weighted by molar-refractivity contribution is -0.0652. The number of fused-ring (bicyclic) bond motifs is 1. The van der Waals surface area contributed by atoms with Crippen molar-refractivity contribution in [2.75, 3.05) is 19.6 Å². The maximum atomic E-state index is 12.4. The van der Waals surface area contributed by atoms with Crippen LogP contribution in [0, 0.1) is 0 Å². The molecule has 0 bridgehead atoms. The highest BCUT2D eigenvalue weighted by Gasteiger charge is 2.24. The smallest absolute Gasteiger partial charge is 0.176 e. The van der Waals surface area contributed by atoms with E-state index in [0.29, 0.717) is 6.54 Å². The molecule has 3 rings (SSSR count). The number of hydrogen-bond acceptors (Lipinski definition) is 4. The number of aromatic amines is 1. The van der Waals surface area contributed by atoms with Gasteiger partial charge in [-0.15, -0.1) is 0 Å². The van der Waals surface area contributed by atoms with Crippen molar-refractivity contribution in [1.82, 2.24) is 14.9 Å². The fraction of sp³-hybridized carbons (Fsp3) is 0.467. The van der Waals surface area contributed by atoms with Gasteiger partial charge in [-0.2, -0.15) is 0 Å².